The number of benzene rings is 4. The van der Waals surface area contributed by atoms with Crippen LogP contribution in [-0.2, 0) is 25.4 Å². The summed E-state index contributed by atoms with van der Waals surface area (Å²) in [4.78, 5) is 49.1. The largest absolute Gasteiger partial charge is 0.505 e. The molecular weight excluding hydrogens is 804 g/mol. The zero-order chi connectivity index (χ0) is 41.4. The van der Waals surface area contributed by atoms with Crippen molar-refractivity contribution < 1.29 is 46.2 Å². The Hall–Kier alpha value is -6.23. The molecule has 4 N–H and O–H groups in total. The number of amides is 2. The van der Waals surface area contributed by atoms with Gasteiger partial charge in [0.05, 0.1) is 13.4 Å². The second-order valence-electron chi connectivity index (χ2n) is 11.9. The number of alkyl halides is 4. The quantitative estimate of drug-likeness (QED) is 0.106. The summed E-state index contributed by atoms with van der Waals surface area (Å²) in [6.45, 7) is -1.20. The van der Waals surface area contributed by atoms with E-state index in [0.29, 0.717) is 27.8 Å². The smallest absolute Gasteiger partial charge is 0.387 e. The highest BCUT2D eigenvalue weighted by Gasteiger charge is 2.50. The minimum Gasteiger partial charge on any atom is -0.505 e. The van der Waals surface area contributed by atoms with Gasteiger partial charge in [-0.25, -0.2) is 9.98 Å². The summed E-state index contributed by atoms with van der Waals surface area (Å²) in [5.74, 6) is -0.854. The van der Waals surface area contributed by atoms with Crippen LogP contribution >= 0.6 is 15.9 Å². The van der Waals surface area contributed by atoms with E-state index in [2.05, 4.69) is 46.7 Å². The number of nitrogens with zero attached hydrogens (tertiary/aromatic N) is 4. The molecule has 17 heteroatoms. The molecule has 2 aliphatic heterocycles. The van der Waals surface area contributed by atoms with Gasteiger partial charge in [-0.3, -0.25) is 24.2 Å². The van der Waals surface area contributed by atoms with E-state index in [1.54, 1.807) is 49.6 Å². The van der Waals surface area contributed by atoms with Crippen LogP contribution in [0.15, 0.2) is 124 Å². The lowest BCUT2D eigenvalue weighted by Gasteiger charge is -2.26. The van der Waals surface area contributed by atoms with Crippen LogP contribution in [0.1, 0.15) is 39.5 Å². The van der Waals surface area contributed by atoms with Crippen molar-refractivity contribution in [3.05, 3.63) is 142 Å². The number of hydrogen-bond acceptors (Lipinski definition) is 10. The van der Waals surface area contributed by atoms with Crippen LogP contribution in [0.2, 0.25) is 0 Å². The lowest BCUT2D eigenvalue weighted by Crippen LogP contribution is -2.41. The lowest BCUT2D eigenvalue weighted by atomic mass is 9.82. The molecule has 0 aromatic heterocycles. The first-order valence-electron chi connectivity index (χ1n) is 16.4. The molecule has 0 fully saturated rings. The SMILES string of the molecule is C=COC.CC(=O)c1cccc(C2(c3ccc(OC(F)F)cc3)N=C(N)N(C)C2=O)c1.CN1C(=O)C(c2ccc(OC(F)F)cc2)(c2cccc(Br)c2)N=C1N. The van der Waals surface area contributed by atoms with Crippen molar-refractivity contribution in [2.24, 2.45) is 21.5 Å². The predicted molar refractivity (Wildman–Crippen MR) is 204 cm³/mol. The maximum atomic E-state index is 13.1. The number of carbonyl (C=O) groups excluding carboxylic acids is 3. The zero-order valence-corrected chi connectivity index (χ0v) is 32.0. The van der Waals surface area contributed by atoms with Crippen molar-refractivity contribution in [1.82, 2.24) is 9.80 Å². The number of guanidine groups is 2. The fourth-order valence-corrected chi connectivity index (χ4v) is 6.20. The van der Waals surface area contributed by atoms with Crippen LogP contribution in [-0.4, -0.2) is 73.7 Å². The molecule has 2 atom stereocenters. The molecule has 0 saturated heterocycles. The summed E-state index contributed by atoms with van der Waals surface area (Å²) in [5.41, 5.74) is 11.3. The van der Waals surface area contributed by atoms with E-state index < -0.39 is 30.2 Å². The van der Waals surface area contributed by atoms with Crippen molar-refractivity contribution in [3.8, 4) is 11.5 Å². The van der Waals surface area contributed by atoms with Gasteiger partial charge in [-0.2, -0.15) is 17.6 Å². The number of halogens is 5. The van der Waals surface area contributed by atoms with Crippen LogP contribution in [0.4, 0.5) is 17.6 Å². The monoisotopic (exact) mass is 840 g/mol. The van der Waals surface area contributed by atoms with Crippen molar-refractivity contribution in [2.45, 2.75) is 31.2 Å². The van der Waals surface area contributed by atoms with Crippen molar-refractivity contribution in [3.63, 3.8) is 0 Å². The van der Waals surface area contributed by atoms with Gasteiger partial charge < -0.3 is 25.7 Å². The van der Waals surface area contributed by atoms with Crippen LogP contribution in [0.25, 0.3) is 0 Å². The molecule has 0 radical (unpaired) electrons. The first kappa shape index (κ1) is 42.5. The van der Waals surface area contributed by atoms with Gasteiger partial charge in [0.15, 0.2) is 28.8 Å². The highest BCUT2D eigenvalue weighted by atomic mass is 79.9. The Balaban J connectivity index is 0.000000228. The first-order valence-corrected chi connectivity index (χ1v) is 17.2. The van der Waals surface area contributed by atoms with Gasteiger partial charge in [0, 0.05) is 24.1 Å². The topological polar surface area (TPSA) is 162 Å². The van der Waals surface area contributed by atoms with Crippen LogP contribution in [0.5, 0.6) is 11.5 Å². The molecule has 0 spiro atoms. The second-order valence-corrected chi connectivity index (χ2v) is 12.9. The van der Waals surface area contributed by atoms with Crippen LogP contribution in [0.3, 0.4) is 0 Å². The standard InChI is InChI=1S/C19H17F2N3O3.C17H14BrF2N3O2.C3H6O/c1-11(25)12-4-3-5-14(10-12)19(16(26)24(2)18(22)23-19)13-6-8-15(9-7-13)27-17(20)21;1-23-14(24)17(22-16(23)21,11-3-2-4-12(18)9-11)10-5-7-13(8-6-10)25-15(19)20;1-3-4-2/h3-10,17H,1-2H3,(H2,22,23);2-9,15H,1H3,(H2,21,22);3H,1H2,2H3. The van der Waals surface area contributed by atoms with Gasteiger partial charge in [0.2, 0.25) is 0 Å². The summed E-state index contributed by atoms with van der Waals surface area (Å²) in [5, 5.41) is 0. The predicted octanol–water partition coefficient (Wildman–Crippen LogP) is 6.38. The number of nitrogens with two attached hydrogens (primary N) is 2. The highest BCUT2D eigenvalue weighted by Crippen LogP contribution is 2.42. The Morgan fingerprint density at radius 1 is 0.732 bits per heavy atom. The molecule has 4 aromatic rings. The van der Waals surface area contributed by atoms with Gasteiger partial charge in [-0.05, 0) is 71.6 Å². The minimum atomic E-state index is -2.95. The van der Waals surface area contributed by atoms with E-state index in [-0.39, 0.29) is 35.1 Å². The first-order chi connectivity index (χ1) is 26.5. The number of rotatable bonds is 10. The molecule has 12 nitrogen and oxygen atoms in total. The Labute approximate surface area is 328 Å². The van der Waals surface area contributed by atoms with E-state index in [1.165, 1.54) is 85.6 Å². The minimum absolute atomic E-state index is 0.00102. The number of methoxy groups -OCH3 is 1. The Kier molecular flexibility index (Phi) is 13.6. The molecular formula is C39H37BrF4N6O6. The van der Waals surface area contributed by atoms with E-state index in [1.807, 2.05) is 6.07 Å². The van der Waals surface area contributed by atoms with Gasteiger partial charge in [0.25, 0.3) is 11.8 Å². The molecule has 2 aliphatic rings. The summed E-state index contributed by atoms with van der Waals surface area (Å²) >= 11 is 3.39. The number of Topliss-reactive ketones (excluding diaryl/α,β-unsaturated/α-hetero) is 1. The van der Waals surface area contributed by atoms with Gasteiger partial charge in [0.1, 0.15) is 11.5 Å². The molecule has 0 aliphatic carbocycles. The number of likely N-dealkylation sites (N-methyl/N-ethyl adjacent to an activating group) is 2. The van der Waals surface area contributed by atoms with Crippen LogP contribution in [0, 0.1) is 0 Å². The zero-order valence-electron chi connectivity index (χ0n) is 30.5. The summed E-state index contributed by atoms with van der Waals surface area (Å²) < 4.78 is 63.3. The summed E-state index contributed by atoms with van der Waals surface area (Å²) in [7, 11) is 4.59. The van der Waals surface area contributed by atoms with Crippen molar-refractivity contribution >= 4 is 45.4 Å². The number of carbonyl (C=O) groups is 3. The lowest BCUT2D eigenvalue weighted by molar-refractivity contribution is -0.130. The maximum Gasteiger partial charge on any atom is 0.387 e. The highest BCUT2D eigenvalue weighted by molar-refractivity contribution is 9.10. The molecule has 294 valence electrons. The van der Waals surface area contributed by atoms with E-state index >= 15 is 0 Å². The van der Waals surface area contributed by atoms with E-state index in [4.69, 9.17) is 11.5 Å². The fourth-order valence-electron chi connectivity index (χ4n) is 5.80. The Morgan fingerprint density at radius 2 is 1.12 bits per heavy atom. The molecule has 56 heavy (non-hydrogen) atoms. The Bertz CT molecular complexity index is 2140. The molecule has 0 saturated carbocycles. The maximum absolute atomic E-state index is 13.1. The van der Waals surface area contributed by atoms with Crippen LogP contribution < -0.4 is 20.9 Å². The van der Waals surface area contributed by atoms with Gasteiger partial charge >= 0.3 is 13.2 Å². The number of ketones is 1. The summed E-state index contributed by atoms with van der Waals surface area (Å²) in [6.07, 6.45) is 1.38. The third-order valence-electron chi connectivity index (χ3n) is 8.57. The average Bonchev–Trinajstić information content (AvgIpc) is 3.55. The number of aliphatic imine (C=N–C) groups is 2. The molecule has 2 heterocycles. The number of ether oxygens (including phenoxy) is 3. The van der Waals surface area contributed by atoms with Crippen molar-refractivity contribution in [2.75, 3.05) is 21.2 Å². The molecule has 4 aromatic carbocycles. The normalized spacial score (nSPS) is 18.7. The third-order valence-corrected chi connectivity index (χ3v) is 9.06. The molecule has 2 amide bonds. The molecule has 2 unspecified atom stereocenters. The van der Waals surface area contributed by atoms with Crippen molar-refractivity contribution in [1.29, 1.82) is 0 Å². The molecule has 0 bridgehead atoms. The summed E-state index contributed by atoms with van der Waals surface area (Å²) in [6, 6.07) is 25.1. The Morgan fingerprint density at radius 3 is 1.45 bits per heavy atom. The van der Waals surface area contributed by atoms with Gasteiger partial charge in [-0.1, -0.05) is 77.1 Å². The fraction of sp³-hybridized carbons (Fsp3) is 0.205. The second kappa shape index (κ2) is 17.9. The number of hydrogen-bond donors (Lipinski definition) is 2. The van der Waals surface area contributed by atoms with E-state index in [0.717, 1.165) is 4.47 Å². The van der Waals surface area contributed by atoms with Gasteiger partial charge in [-0.15, -0.1) is 0 Å². The van der Waals surface area contributed by atoms with E-state index in [9.17, 15) is 31.9 Å². The molecule has 6 rings (SSSR count). The average molecular weight is 842 g/mol. The third kappa shape index (κ3) is 8.83.